The molecule has 0 saturated heterocycles. The van der Waals surface area contributed by atoms with Crippen molar-refractivity contribution < 1.29 is 0 Å². The van der Waals surface area contributed by atoms with Gasteiger partial charge < -0.3 is 10.3 Å². The number of hydrogen-bond acceptors (Lipinski definition) is 2. The number of hydrogen-bond donors (Lipinski definition) is 2. The van der Waals surface area contributed by atoms with Gasteiger partial charge in [0.1, 0.15) is 0 Å². The number of halogens is 1. The van der Waals surface area contributed by atoms with Gasteiger partial charge in [-0.2, -0.15) is 0 Å². The normalized spacial score (nSPS) is 16.2. The zero-order valence-electron chi connectivity index (χ0n) is 9.09. The summed E-state index contributed by atoms with van der Waals surface area (Å²) in [7, 11) is 2.13. The van der Waals surface area contributed by atoms with Crippen molar-refractivity contribution in [2.75, 3.05) is 20.1 Å². The number of H-pyrrole nitrogens is 1. The van der Waals surface area contributed by atoms with Crippen molar-refractivity contribution in [3.63, 3.8) is 0 Å². The first-order valence-corrected chi connectivity index (χ1v) is 5.86. The molecule has 0 spiro atoms. The summed E-state index contributed by atoms with van der Waals surface area (Å²) in [5.41, 5.74) is 1.17. The van der Waals surface area contributed by atoms with E-state index in [0.29, 0.717) is 0 Å². The van der Waals surface area contributed by atoms with Crippen LogP contribution in [-0.4, -0.2) is 36.1 Å². The Bertz CT molecular complexity index is 307. The Balaban J connectivity index is 1.64. The molecule has 84 valence electrons. The standard InChI is InChI=1S/C11H18ClN3/c1-15(5-4-13-10-2-3-10)8-11-6-9(12)7-14-11/h6-7,10,13-14H,2-5,8H2,1H3. The van der Waals surface area contributed by atoms with Crippen LogP contribution in [0.3, 0.4) is 0 Å². The first-order chi connectivity index (χ1) is 7.24. The lowest BCUT2D eigenvalue weighted by Crippen LogP contribution is -2.30. The minimum absolute atomic E-state index is 0.787. The van der Waals surface area contributed by atoms with Crippen molar-refractivity contribution in [3.8, 4) is 0 Å². The Morgan fingerprint density at radius 2 is 2.40 bits per heavy atom. The molecule has 0 aromatic carbocycles. The summed E-state index contributed by atoms with van der Waals surface area (Å²) in [6.45, 7) is 3.09. The number of nitrogens with zero attached hydrogens (tertiary/aromatic N) is 1. The SMILES string of the molecule is CN(CCNC1CC1)Cc1cc(Cl)c[nH]1. The summed E-state index contributed by atoms with van der Waals surface area (Å²) in [5, 5.41) is 4.29. The van der Waals surface area contributed by atoms with Gasteiger partial charge in [0.2, 0.25) is 0 Å². The van der Waals surface area contributed by atoms with Crippen molar-refractivity contribution in [1.29, 1.82) is 0 Å². The maximum atomic E-state index is 5.84. The number of aromatic nitrogens is 1. The number of aromatic amines is 1. The van der Waals surface area contributed by atoms with Crippen molar-refractivity contribution >= 4 is 11.6 Å². The fraction of sp³-hybridized carbons (Fsp3) is 0.636. The predicted octanol–water partition coefficient (Wildman–Crippen LogP) is 1.85. The molecule has 15 heavy (non-hydrogen) atoms. The molecule has 0 atom stereocenters. The molecule has 1 saturated carbocycles. The highest BCUT2D eigenvalue weighted by molar-refractivity contribution is 6.30. The molecule has 2 N–H and O–H groups in total. The molecule has 3 nitrogen and oxygen atoms in total. The fourth-order valence-corrected chi connectivity index (χ4v) is 1.81. The molecule has 1 fully saturated rings. The first-order valence-electron chi connectivity index (χ1n) is 5.49. The Morgan fingerprint density at radius 3 is 3.00 bits per heavy atom. The van der Waals surface area contributed by atoms with E-state index in [2.05, 4.69) is 22.2 Å². The van der Waals surface area contributed by atoms with Crippen LogP contribution in [0.1, 0.15) is 18.5 Å². The highest BCUT2D eigenvalue weighted by atomic mass is 35.5. The van der Waals surface area contributed by atoms with Gasteiger partial charge in [-0.05, 0) is 26.0 Å². The van der Waals surface area contributed by atoms with Gasteiger partial charge >= 0.3 is 0 Å². The number of nitrogens with one attached hydrogen (secondary N) is 2. The first kappa shape index (κ1) is 11.0. The van der Waals surface area contributed by atoms with Gasteiger partial charge in [-0.15, -0.1) is 0 Å². The fourth-order valence-electron chi connectivity index (χ4n) is 1.62. The molecule has 0 aliphatic heterocycles. The van der Waals surface area contributed by atoms with Crippen LogP contribution in [0.4, 0.5) is 0 Å². The maximum absolute atomic E-state index is 5.84. The lowest BCUT2D eigenvalue weighted by atomic mass is 10.4. The monoisotopic (exact) mass is 227 g/mol. The Morgan fingerprint density at radius 1 is 1.60 bits per heavy atom. The zero-order chi connectivity index (χ0) is 10.7. The van der Waals surface area contributed by atoms with Gasteiger partial charge in [0, 0.05) is 37.6 Å². The Hall–Kier alpha value is -0.510. The van der Waals surface area contributed by atoms with E-state index in [9.17, 15) is 0 Å². The molecule has 1 aliphatic rings. The lowest BCUT2D eigenvalue weighted by molar-refractivity contribution is 0.321. The van der Waals surface area contributed by atoms with Crippen LogP contribution in [0.25, 0.3) is 0 Å². The molecule has 1 aliphatic carbocycles. The second-order valence-corrected chi connectivity index (χ2v) is 4.75. The topological polar surface area (TPSA) is 31.1 Å². The molecule has 0 amide bonds. The molecule has 1 aromatic rings. The second kappa shape index (κ2) is 5.01. The summed E-state index contributed by atoms with van der Waals surface area (Å²) in [5.74, 6) is 0. The van der Waals surface area contributed by atoms with Gasteiger partial charge in [-0.3, -0.25) is 4.90 Å². The predicted molar refractivity (Wildman–Crippen MR) is 63.2 cm³/mol. The highest BCUT2D eigenvalue weighted by Crippen LogP contribution is 2.18. The van der Waals surface area contributed by atoms with E-state index in [-0.39, 0.29) is 0 Å². The molecular weight excluding hydrogens is 210 g/mol. The smallest absolute Gasteiger partial charge is 0.0583 e. The van der Waals surface area contributed by atoms with Crippen LogP contribution < -0.4 is 5.32 Å². The van der Waals surface area contributed by atoms with Crippen molar-refractivity contribution in [1.82, 2.24) is 15.2 Å². The van der Waals surface area contributed by atoms with E-state index in [1.807, 2.05) is 12.3 Å². The zero-order valence-corrected chi connectivity index (χ0v) is 9.85. The molecule has 0 bridgehead atoms. The molecule has 0 radical (unpaired) electrons. The molecule has 0 unspecified atom stereocenters. The minimum Gasteiger partial charge on any atom is -0.363 e. The van der Waals surface area contributed by atoms with Crippen LogP contribution in [0.2, 0.25) is 5.02 Å². The Kier molecular flexibility index (Phi) is 3.67. The van der Waals surface area contributed by atoms with Gasteiger partial charge in [-0.1, -0.05) is 11.6 Å². The summed E-state index contributed by atoms with van der Waals surface area (Å²) < 4.78 is 0. The molecule has 2 rings (SSSR count). The van der Waals surface area contributed by atoms with Gasteiger partial charge in [0.25, 0.3) is 0 Å². The third-order valence-electron chi connectivity index (χ3n) is 2.65. The quantitative estimate of drug-likeness (QED) is 0.777. The van der Waals surface area contributed by atoms with Crippen LogP contribution >= 0.6 is 11.6 Å². The van der Waals surface area contributed by atoms with Crippen molar-refractivity contribution in [2.45, 2.75) is 25.4 Å². The number of likely N-dealkylation sites (N-methyl/N-ethyl adjacent to an activating group) is 1. The third kappa shape index (κ3) is 3.86. The highest BCUT2D eigenvalue weighted by Gasteiger charge is 2.19. The Labute approximate surface area is 95.8 Å². The summed E-state index contributed by atoms with van der Waals surface area (Å²) >= 11 is 5.84. The molecule has 4 heteroatoms. The minimum atomic E-state index is 0.787. The van der Waals surface area contributed by atoms with E-state index in [1.54, 1.807) is 0 Å². The van der Waals surface area contributed by atoms with Gasteiger partial charge in [0.05, 0.1) is 5.02 Å². The molecular formula is C11H18ClN3. The molecule has 1 heterocycles. The van der Waals surface area contributed by atoms with Crippen molar-refractivity contribution in [2.24, 2.45) is 0 Å². The second-order valence-electron chi connectivity index (χ2n) is 4.31. The van der Waals surface area contributed by atoms with E-state index in [1.165, 1.54) is 18.5 Å². The van der Waals surface area contributed by atoms with Crippen LogP contribution in [0, 0.1) is 0 Å². The van der Waals surface area contributed by atoms with Crippen LogP contribution in [0.5, 0.6) is 0 Å². The maximum Gasteiger partial charge on any atom is 0.0583 e. The van der Waals surface area contributed by atoms with Gasteiger partial charge in [0.15, 0.2) is 0 Å². The van der Waals surface area contributed by atoms with Crippen LogP contribution in [-0.2, 0) is 6.54 Å². The largest absolute Gasteiger partial charge is 0.363 e. The average Bonchev–Trinajstić information content (AvgIpc) is 2.91. The summed E-state index contributed by atoms with van der Waals surface area (Å²) in [6.07, 6.45) is 4.54. The summed E-state index contributed by atoms with van der Waals surface area (Å²) in [6, 6.07) is 2.78. The van der Waals surface area contributed by atoms with Gasteiger partial charge in [-0.25, -0.2) is 0 Å². The lowest BCUT2D eigenvalue weighted by Gasteiger charge is -2.15. The summed E-state index contributed by atoms with van der Waals surface area (Å²) in [4.78, 5) is 5.44. The van der Waals surface area contributed by atoms with Crippen LogP contribution in [0.15, 0.2) is 12.3 Å². The van der Waals surface area contributed by atoms with E-state index in [4.69, 9.17) is 11.6 Å². The van der Waals surface area contributed by atoms with E-state index < -0.39 is 0 Å². The van der Waals surface area contributed by atoms with E-state index >= 15 is 0 Å². The molecule has 1 aromatic heterocycles. The average molecular weight is 228 g/mol. The van der Waals surface area contributed by atoms with E-state index in [0.717, 1.165) is 30.7 Å². The van der Waals surface area contributed by atoms with Crippen molar-refractivity contribution in [3.05, 3.63) is 23.0 Å². The number of rotatable bonds is 6. The third-order valence-corrected chi connectivity index (χ3v) is 2.87.